The van der Waals surface area contributed by atoms with Crippen LogP contribution in [0.5, 0.6) is 5.75 Å². The Labute approximate surface area is 194 Å². The Morgan fingerprint density at radius 1 is 1.18 bits per heavy atom. The van der Waals surface area contributed by atoms with Crippen LogP contribution < -0.4 is 9.46 Å². The van der Waals surface area contributed by atoms with Gasteiger partial charge in [-0.05, 0) is 62.8 Å². The molecule has 5 rings (SSSR count). The molecule has 7 nitrogen and oxygen atoms in total. The van der Waals surface area contributed by atoms with Crippen LogP contribution in [-0.4, -0.2) is 31.1 Å². The maximum absolute atomic E-state index is 12.8. The highest BCUT2D eigenvalue weighted by molar-refractivity contribution is 7.89. The Balaban J connectivity index is 1.60. The number of nitriles is 1. The molecule has 2 aliphatic carbocycles. The number of rotatable bonds is 7. The molecule has 2 fully saturated rings. The van der Waals surface area contributed by atoms with Gasteiger partial charge in [0.1, 0.15) is 16.7 Å². The van der Waals surface area contributed by atoms with Gasteiger partial charge in [0.05, 0.1) is 29.6 Å². The maximum Gasteiger partial charge on any atom is 0.242 e. The first-order valence-corrected chi connectivity index (χ1v) is 13.0. The third-order valence-electron chi connectivity index (χ3n) is 6.97. The van der Waals surface area contributed by atoms with Crippen molar-refractivity contribution in [2.45, 2.75) is 62.4 Å². The van der Waals surface area contributed by atoms with E-state index in [0.29, 0.717) is 17.2 Å². The molecule has 0 amide bonds. The number of ether oxygens (including phenoxy) is 1. The highest BCUT2D eigenvalue weighted by atomic mass is 32.2. The van der Waals surface area contributed by atoms with Gasteiger partial charge < -0.3 is 9.30 Å². The number of sulfonamides is 1. The topological polar surface area (TPSA) is 97.0 Å². The zero-order chi connectivity index (χ0) is 23.2. The standard InChI is InChI=1S/C25H28N4O3S/c1-16(17-7-8-17)28-33(30,31)20-10-12-23(27-15-20)25-22(14-26)21-11-9-19(32-2)13-24(21)29(25)18-5-3-4-6-18/h9-13,15-18,28H,3-8H2,1-2H3/t16-/m0/s1. The SMILES string of the molecule is COc1ccc2c(C#N)c(-c3ccc(S(=O)(=O)N[C@@H](C)C4CC4)cn3)n(C3CCCC3)c2c1. The molecule has 3 aromatic rings. The van der Waals surface area contributed by atoms with E-state index in [1.54, 1.807) is 19.2 Å². The molecule has 1 atom stereocenters. The van der Waals surface area contributed by atoms with Crippen molar-refractivity contribution in [3.63, 3.8) is 0 Å². The second-order valence-electron chi connectivity index (χ2n) is 9.15. The molecule has 0 bridgehead atoms. The molecule has 0 unspecified atom stereocenters. The number of aromatic nitrogens is 2. The largest absolute Gasteiger partial charge is 0.497 e. The molecular weight excluding hydrogens is 436 g/mol. The number of fused-ring (bicyclic) bond motifs is 1. The summed E-state index contributed by atoms with van der Waals surface area (Å²) < 4.78 is 36.1. The second-order valence-corrected chi connectivity index (χ2v) is 10.9. The average Bonchev–Trinajstić information content (AvgIpc) is 3.44. The van der Waals surface area contributed by atoms with Gasteiger partial charge in [0.25, 0.3) is 0 Å². The number of hydrogen-bond acceptors (Lipinski definition) is 5. The summed E-state index contributed by atoms with van der Waals surface area (Å²) in [6, 6.07) is 11.6. The van der Waals surface area contributed by atoms with E-state index in [4.69, 9.17) is 4.74 Å². The van der Waals surface area contributed by atoms with Crippen molar-refractivity contribution in [1.29, 1.82) is 5.26 Å². The molecule has 1 N–H and O–H groups in total. The Morgan fingerprint density at radius 3 is 2.55 bits per heavy atom. The Kier molecular flexibility index (Phi) is 5.63. The van der Waals surface area contributed by atoms with Crippen LogP contribution in [-0.2, 0) is 10.0 Å². The predicted octanol–water partition coefficient (Wildman–Crippen LogP) is 4.78. The van der Waals surface area contributed by atoms with Gasteiger partial charge in [-0.25, -0.2) is 13.1 Å². The lowest BCUT2D eigenvalue weighted by atomic mass is 10.1. The van der Waals surface area contributed by atoms with Gasteiger partial charge in [-0.2, -0.15) is 5.26 Å². The first kappa shape index (κ1) is 21.9. The summed E-state index contributed by atoms with van der Waals surface area (Å²) in [5.74, 6) is 1.16. The van der Waals surface area contributed by atoms with Crippen LogP contribution in [0.15, 0.2) is 41.4 Å². The number of nitrogens with zero attached hydrogens (tertiary/aromatic N) is 3. The highest BCUT2D eigenvalue weighted by Crippen LogP contribution is 2.41. The molecule has 2 heterocycles. The molecule has 2 aromatic heterocycles. The minimum absolute atomic E-state index is 0.0836. The molecule has 0 spiro atoms. The number of pyridine rings is 1. The van der Waals surface area contributed by atoms with Gasteiger partial charge in [-0.1, -0.05) is 12.8 Å². The van der Waals surface area contributed by atoms with E-state index in [2.05, 4.69) is 20.3 Å². The summed E-state index contributed by atoms with van der Waals surface area (Å²) in [5.41, 5.74) is 2.85. The molecular formula is C25H28N4O3S. The van der Waals surface area contributed by atoms with Crippen molar-refractivity contribution in [1.82, 2.24) is 14.3 Å². The van der Waals surface area contributed by atoms with Gasteiger partial charge in [0, 0.05) is 29.7 Å². The van der Waals surface area contributed by atoms with Crippen LogP contribution in [0.25, 0.3) is 22.3 Å². The van der Waals surface area contributed by atoms with E-state index in [1.165, 1.54) is 6.20 Å². The fraction of sp³-hybridized carbons (Fsp3) is 0.440. The quantitative estimate of drug-likeness (QED) is 0.543. The normalized spacial score (nSPS) is 17.8. The highest BCUT2D eigenvalue weighted by Gasteiger charge is 2.32. The summed E-state index contributed by atoms with van der Waals surface area (Å²) >= 11 is 0. The smallest absolute Gasteiger partial charge is 0.242 e. The molecule has 0 radical (unpaired) electrons. The van der Waals surface area contributed by atoms with Crippen LogP contribution in [0, 0.1) is 17.2 Å². The lowest BCUT2D eigenvalue weighted by Gasteiger charge is -2.18. The van der Waals surface area contributed by atoms with Crippen molar-refractivity contribution in [3.05, 3.63) is 42.1 Å². The molecule has 2 aliphatic rings. The van der Waals surface area contributed by atoms with E-state index in [1.807, 2.05) is 25.1 Å². The predicted molar refractivity (Wildman–Crippen MR) is 126 cm³/mol. The van der Waals surface area contributed by atoms with Gasteiger partial charge in [0.15, 0.2) is 0 Å². The number of hydrogen-bond donors (Lipinski definition) is 1. The number of nitrogens with one attached hydrogen (secondary N) is 1. The number of methoxy groups -OCH3 is 1. The molecule has 2 saturated carbocycles. The zero-order valence-electron chi connectivity index (χ0n) is 18.9. The fourth-order valence-corrected chi connectivity index (χ4v) is 6.27. The van der Waals surface area contributed by atoms with Gasteiger partial charge in [-0.3, -0.25) is 4.98 Å². The monoisotopic (exact) mass is 464 g/mol. The minimum atomic E-state index is -3.64. The molecule has 0 saturated heterocycles. The van der Waals surface area contributed by atoms with Gasteiger partial charge >= 0.3 is 0 Å². The van der Waals surface area contributed by atoms with Crippen LogP contribution in [0.2, 0.25) is 0 Å². The second kappa shape index (κ2) is 8.47. The van der Waals surface area contributed by atoms with Crippen LogP contribution >= 0.6 is 0 Å². The van der Waals surface area contributed by atoms with Crippen molar-refractivity contribution in [2.24, 2.45) is 5.92 Å². The van der Waals surface area contributed by atoms with E-state index < -0.39 is 10.0 Å². The maximum atomic E-state index is 12.8. The van der Waals surface area contributed by atoms with E-state index in [0.717, 1.165) is 60.9 Å². The molecule has 172 valence electrons. The van der Waals surface area contributed by atoms with E-state index in [-0.39, 0.29) is 17.0 Å². The molecule has 0 aliphatic heterocycles. The van der Waals surface area contributed by atoms with E-state index in [9.17, 15) is 13.7 Å². The van der Waals surface area contributed by atoms with Crippen molar-refractivity contribution in [2.75, 3.05) is 7.11 Å². The zero-order valence-corrected chi connectivity index (χ0v) is 19.7. The van der Waals surface area contributed by atoms with Crippen molar-refractivity contribution >= 4 is 20.9 Å². The minimum Gasteiger partial charge on any atom is -0.497 e. The summed E-state index contributed by atoms with van der Waals surface area (Å²) in [7, 11) is -2.01. The number of benzene rings is 1. The summed E-state index contributed by atoms with van der Waals surface area (Å²) in [6.45, 7) is 1.91. The lowest BCUT2D eigenvalue weighted by Crippen LogP contribution is -2.34. The molecule has 33 heavy (non-hydrogen) atoms. The van der Waals surface area contributed by atoms with Gasteiger partial charge in [-0.15, -0.1) is 0 Å². The van der Waals surface area contributed by atoms with E-state index >= 15 is 0 Å². The average molecular weight is 465 g/mol. The van der Waals surface area contributed by atoms with Crippen molar-refractivity contribution in [3.8, 4) is 23.2 Å². The van der Waals surface area contributed by atoms with Crippen molar-refractivity contribution < 1.29 is 13.2 Å². The van der Waals surface area contributed by atoms with Gasteiger partial charge in [0.2, 0.25) is 10.0 Å². The first-order valence-electron chi connectivity index (χ1n) is 11.5. The third kappa shape index (κ3) is 4.00. The Morgan fingerprint density at radius 2 is 1.94 bits per heavy atom. The Bertz CT molecular complexity index is 1330. The summed E-state index contributed by atoms with van der Waals surface area (Å²) in [5, 5.41) is 10.9. The Hall–Kier alpha value is -2.89. The molecule has 1 aromatic carbocycles. The summed E-state index contributed by atoms with van der Waals surface area (Å²) in [4.78, 5) is 4.68. The summed E-state index contributed by atoms with van der Waals surface area (Å²) in [6.07, 6.45) is 7.89. The third-order valence-corrected chi connectivity index (χ3v) is 8.52. The first-order chi connectivity index (χ1) is 15.9. The lowest BCUT2D eigenvalue weighted by molar-refractivity contribution is 0.415. The van der Waals surface area contributed by atoms with Crippen LogP contribution in [0.3, 0.4) is 0 Å². The fourth-order valence-electron chi connectivity index (χ4n) is 5.01. The van der Waals surface area contributed by atoms with Crippen LogP contribution in [0.4, 0.5) is 0 Å². The molecule has 8 heteroatoms. The van der Waals surface area contributed by atoms with Crippen LogP contribution in [0.1, 0.15) is 57.1 Å².